The highest BCUT2D eigenvalue weighted by Crippen LogP contribution is 2.34. The summed E-state index contributed by atoms with van der Waals surface area (Å²) in [6.07, 6.45) is 3.54. The van der Waals surface area contributed by atoms with Crippen molar-refractivity contribution in [3.8, 4) is 0 Å². The molecule has 1 aliphatic heterocycles. The van der Waals surface area contributed by atoms with Gasteiger partial charge in [-0.05, 0) is 36.8 Å². The van der Waals surface area contributed by atoms with Crippen molar-refractivity contribution in [2.45, 2.75) is 6.92 Å². The summed E-state index contributed by atoms with van der Waals surface area (Å²) in [5.74, 6) is -0.0839. The maximum Gasteiger partial charge on any atom is 0.257 e. The monoisotopic (exact) mass is 290 g/mol. The van der Waals surface area contributed by atoms with Gasteiger partial charge in [0.15, 0.2) is 0 Å². The van der Waals surface area contributed by atoms with E-state index in [9.17, 15) is 4.79 Å². The minimum atomic E-state index is -0.0839. The molecule has 3 aromatic rings. The lowest BCUT2D eigenvalue weighted by atomic mass is 10.0. The van der Waals surface area contributed by atoms with Crippen molar-refractivity contribution in [3.05, 3.63) is 59.9 Å². The predicted octanol–water partition coefficient (Wildman–Crippen LogP) is 3.28. The third kappa shape index (κ3) is 1.95. The minimum Gasteiger partial charge on any atom is -0.361 e. The van der Waals surface area contributed by atoms with E-state index < -0.39 is 0 Å². The molecule has 0 saturated heterocycles. The predicted molar refractivity (Wildman–Crippen MR) is 87.5 cm³/mol. The van der Waals surface area contributed by atoms with E-state index in [1.54, 1.807) is 12.4 Å². The molecule has 0 fully saturated rings. The van der Waals surface area contributed by atoms with E-state index in [1.165, 1.54) is 0 Å². The summed E-state index contributed by atoms with van der Waals surface area (Å²) >= 11 is 0. The number of benzene rings is 2. The van der Waals surface area contributed by atoms with Crippen molar-refractivity contribution < 1.29 is 4.79 Å². The average molecular weight is 290 g/mol. The number of amides is 1. The van der Waals surface area contributed by atoms with Crippen LogP contribution in [0.3, 0.4) is 0 Å². The zero-order valence-electron chi connectivity index (χ0n) is 12.0. The summed E-state index contributed by atoms with van der Waals surface area (Å²) in [7, 11) is 0. The van der Waals surface area contributed by atoms with Crippen LogP contribution in [0.5, 0.6) is 0 Å². The quantitative estimate of drug-likeness (QED) is 0.634. The summed E-state index contributed by atoms with van der Waals surface area (Å²) in [4.78, 5) is 12.1. The topological polar surface area (TPSA) is 69.8 Å². The Morgan fingerprint density at radius 1 is 1.23 bits per heavy atom. The molecule has 1 aromatic heterocycles. The van der Waals surface area contributed by atoms with E-state index in [0.29, 0.717) is 5.57 Å². The van der Waals surface area contributed by atoms with Gasteiger partial charge in [-0.3, -0.25) is 9.89 Å². The molecular weight excluding hydrogens is 276 g/mol. The minimum absolute atomic E-state index is 0.0839. The molecule has 0 saturated carbocycles. The van der Waals surface area contributed by atoms with Crippen LogP contribution >= 0.6 is 0 Å². The second-order valence-electron chi connectivity index (χ2n) is 5.33. The van der Waals surface area contributed by atoms with Gasteiger partial charge >= 0.3 is 0 Å². The van der Waals surface area contributed by atoms with Crippen molar-refractivity contribution >= 4 is 33.8 Å². The van der Waals surface area contributed by atoms with Crippen molar-refractivity contribution in [3.63, 3.8) is 0 Å². The van der Waals surface area contributed by atoms with Crippen LogP contribution in [0.15, 0.2) is 48.8 Å². The third-order valence-electron chi connectivity index (χ3n) is 3.86. The second kappa shape index (κ2) is 4.73. The first-order valence-corrected chi connectivity index (χ1v) is 7.03. The van der Waals surface area contributed by atoms with E-state index in [-0.39, 0.29) is 5.91 Å². The highest BCUT2D eigenvalue weighted by atomic mass is 16.2. The molecule has 0 aliphatic carbocycles. The summed E-state index contributed by atoms with van der Waals surface area (Å²) in [6, 6.07) is 11.8. The highest BCUT2D eigenvalue weighted by molar-refractivity contribution is 6.32. The molecule has 22 heavy (non-hydrogen) atoms. The number of aromatic amines is 1. The van der Waals surface area contributed by atoms with Gasteiger partial charge in [-0.15, -0.1) is 0 Å². The van der Waals surface area contributed by atoms with E-state index in [4.69, 9.17) is 0 Å². The largest absolute Gasteiger partial charge is 0.361 e. The van der Waals surface area contributed by atoms with Crippen LogP contribution < -0.4 is 10.6 Å². The molecule has 0 atom stereocenters. The van der Waals surface area contributed by atoms with Gasteiger partial charge in [-0.2, -0.15) is 5.10 Å². The molecule has 0 radical (unpaired) electrons. The van der Waals surface area contributed by atoms with E-state index in [0.717, 1.165) is 33.4 Å². The van der Waals surface area contributed by atoms with Crippen LogP contribution in [0.25, 0.3) is 16.5 Å². The molecule has 3 N–H and O–H groups in total. The number of rotatable bonds is 2. The van der Waals surface area contributed by atoms with Gasteiger partial charge in [-0.1, -0.05) is 12.1 Å². The zero-order valence-corrected chi connectivity index (χ0v) is 12.0. The highest BCUT2D eigenvalue weighted by Gasteiger charge is 2.25. The van der Waals surface area contributed by atoms with Crippen LogP contribution in [-0.4, -0.2) is 16.1 Å². The van der Waals surface area contributed by atoms with Crippen molar-refractivity contribution in [1.29, 1.82) is 0 Å². The number of hydrogen-bond acceptors (Lipinski definition) is 3. The second-order valence-corrected chi connectivity index (χ2v) is 5.33. The van der Waals surface area contributed by atoms with Gasteiger partial charge in [0, 0.05) is 28.5 Å². The summed E-state index contributed by atoms with van der Waals surface area (Å²) in [6.45, 7) is 2.00. The Balaban J connectivity index is 1.70. The first-order valence-electron chi connectivity index (χ1n) is 7.03. The van der Waals surface area contributed by atoms with E-state index in [1.807, 2.05) is 43.3 Å². The number of aryl methyl sites for hydroxylation is 1. The van der Waals surface area contributed by atoms with Crippen molar-refractivity contribution in [1.82, 2.24) is 10.2 Å². The lowest BCUT2D eigenvalue weighted by molar-refractivity contribution is -0.110. The Labute approximate surface area is 127 Å². The maximum absolute atomic E-state index is 12.1. The molecular formula is C17H14N4O. The fourth-order valence-corrected chi connectivity index (χ4v) is 2.75. The molecule has 0 unspecified atom stereocenters. The SMILES string of the molecule is Cc1cccc2c1C(=CNc1ccc3cn[nH]c3c1)C(=O)N2. The van der Waals surface area contributed by atoms with Crippen molar-refractivity contribution in [2.75, 3.05) is 10.6 Å². The van der Waals surface area contributed by atoms with Crippen LogP contribution in [-0.2, 0) is 4.79 Å². The summed E-state index contributed by atoms with van der Waals surface area (Å²) in [5, 5.41) is 14.1. The van der Waals surface area contributed by atoms with Crippen LogP contribution in [0.4, 0.5) is 11.4 Å². The number of carbonyl (C=O) groups is 1. The van der Waals surface area contributed by atoms with Gasteiger partial charge in [0.2, 0.25) is 0 Å². The number of aromatic nitrogens is 2. The number of carbonyl (C=O) groups excluding carboxylic acids is 1. The molecule has 5 nitrogen and oxygen atoms in total. The number of fused-ring (bicyclic) bond motifs is 2. The molecule has 2 heterocycles. The number of H-pyrrole nitrogens is 1. The Hall–Kier alpha value is -3.08. The fourth-order valence-electron chi connectivity index (χ4n) is 2.75. The van der Waals surface area contributed by atoms with Gasteiger partial charge < -0.3 is 10.6 Å². The Bertz CT molecular complexity index is 923. The average Bonchev–Trinajstić information content (AvgIpc) is 3.09. The number of nitrogens with one attached hydrogen (secondary N) is 3. The smallest absolute Gasteiger partial charge is 0.257 e. The van der Waals surface area contributed by atoms with Crippen molar-refractivity contribution in [2.24, 2.45) is 0 Å². The molecule has 1 aliphatic rings. The normalized spacial score (nSPS) is 15.1. The first kappa shape index (κ1) is 12.6. The van der Waals surface area contributed by atoms with Crippen LogP contribution in [0, 0.1) is 6.92 Å². The van der Waals surface area contributed by atoms with Gasteiger partial charge in [0.25, 0.3) is 5.91 Å². The molecule has 4 rings (SSSR count). The van der Waals surface area contributed by atoms with E-state index in [2.05, 4.69) is 20.8 Å². The Morgan fingerprint density at radius 3 is 3.05 bits per heavy atom. The van der Waals surface area contributed by atoms with Gasteiger partial charge in [-0.25, -0.2) is 0 Å². The number of nitrogens with zero attached hydrogens (tertiary/aromatic N) is 1. The van der Waals surface area contributed by atoms with Crippen LogP contribution in [0.2, 0.25) is 0 Å². The maximum atomic E-state index is 12.1. The zero-order chi connectivity index (χ0) is 15.1. The summed E-state index contributed by atoms with van der Waals surface area (Å²) < 4.78 is 0. The molecule has 0 spiro atoms. The molecule has 108 valence electrons. The Morgan fingerprint density at radius 2 is 2.14 bits per heavy atom. The molecule has 0 bridgehead atoms. The Kier molecular flexibility index (Phi) is 2.72. The number of anilines is 2. The first-order chi connectivity index (χ1) is 10.7. The molecule has 2 aromatic carbocycles. The standard InChI is InChI=1S/C17H14N4O/c1-10-3-2-4-14-16(10)13(17(22)20-14)9-18-12-6-5-11-8-19-21-15(11)7-12/h2-9,18H,1H3,(H,19,21)(H,20,22). The lowest BCUT2D eigenvalue weighted by Crippen LogP contribution is -2.05. The van der Waals surface area contributed by atoms with Gasteiger partial charge in [0.1, 0.15) is 0 Å². The third-order valence-corrected chi connectivity index (χ3v) is 3.86. The summed E-state index contributed by atoms with van der Waals surface area (Å²) in [5.41, 5.74) is 5.41. The number of hydrogen-bond donors (Lipinski definition) is 3. The molecule has 1 amide bonds. The lowest BCUT2D eigenvalue weighted by Gasteiger charge is -2.05. The van der Waals surface area contributed by atoms with Gasteiger partial charge in [0.05, 0.1) is 17.3 Å². The van der Waals surface area contributed by atoms with Crippen LogP contribution in [0.1, 0.15) is 11.1 Å². The molecule has 5 heteroatoms. The van der Waals surface area contributed by atoms with E-state index >= 15 is 0 Å². The fraction of sp³-hybridized carbons (Fsp3) is 0.0588.